The smallest absolute Gasteiger partial charge is 0.0236 e. The largest absolute Gasteiger partial charge is 0.119 e. The van der Waals surface area contributed by atoms with E-state index >= 15 is 0 Å². The summed E-state index contributed by atoms with van der Waals surface area (Å²) >= 11 is 0. The third-order valence-corrected chi connectivity index (χ3v) is 4.56. The Morgan fingerprint density at radius 1 is 0.889 bits per heavy atom. The summed E-state index contributed by atoms with van der Waals surface area (Å²) in [5, 5.41) is 0. The van der Waals surface area contributed by atoms with Crippen molar-refractivity contribution < 1.29 is 0 Å². The zero-order chi connectivity index (χ0) is 6.10. The van der Waals surface area contributed by atoms with E-state index in [-0.39, 0.29) is 0 Å². The molecule has 0 aromatic heterocycles. The van der Waals surface area contributed by atoms with Gasteiger partial charge in [0.15, 0.2) is 0 Å². The van der Waals surface area contributed by atoms with Gasteiger partial charge in [-0.1, -0.05) is 0 Å². The van der Waals surface area contributed by atoms with Gasteiger partial charge in [-0.05, 0) is 49.8 Å². The van der Waals surface area contributed by atoms with Crippen LogP contribution in [-0.2, 0) is 0 Å². The van der Waals surface area contributed by atoms with E-state index in [1.165, 1.54) is 14.2 Å². The molecule has 3 fully saturated rings. The molecule has 52 valence electrons. The highest BCUT2D eigenvalue weighted by atomic mass is 31.1. The van der Waals surface area contributed by atoms with Crippen LogP contribution in [0.2, 0.25) is 0 Å². The van der Waals surface area contributed by atoms with Crippen LogP contribution in [0.3, 0.4) is 0 Å². The lowest BCUT2D eigenvalue weighted by molar-refractivity contribution is 0.369. The summed E-state index contributed by atoms with van der Waals surface area (Å²) in [6, 6.07) is 0. The molecule has 0 amide bonds. The van der Waals surface area contributed by atoms with Crippen LogP contribution in [0.1, 0.15) is 32.1 Å². The molecule has 3 rings (SSSR count). The average Bonchev–Trinajstić information content (AvgIpc) is 2.21. The molecule has 2 aliphatic heterocycles. The Balaban J connectivity index is 2.03. The van der Waals surface area contributed by atoms with Crippen LogP contribution in [0.25, 0.3) is 0 Å². The van der Waals surface area contributed by atoms with Crippen LogP contribution in [0.15, 0.2) is 0 Å². The summed E-state index contributed by atoms with van der Waals surface area (Å²) in [7, 11) is 1.33. The fraction of sp³-hybridized carbons (Fsp3) is 1.00. The molecule has 3 aliphatic rings. The van der Waals surface area contributed by atoms with Crippen LogP contribution < -0.4 is 0 Å². The van der Waals surface area contributed by atoms with Gasteiger partial charge in [0, 0.05) is 0 Å². The Labute approximate surface area is 59.2 Å². The summed E-state index contributed by atoms with van der Waals surface area (Å²) in [5.41, 5.74) is 1.17. The lowest BCUT2D eigenvalue weighted by Gasteiger charge is -2.21. The molecule has 0 radical (unpaired) electrons. The van der Waals surface area contributed by atoms with E-state index in [2.05, 4.69) is 0 Å². The molecule has 0 spiro atoms. The topological polar surface area (TPSA) is 0 Å². The molecule has 1 heteroatoms. The second kappa shape index (κ2) is 2.58. The number of hydrogen-bond acceptors (Lipinski definition) is 0. The van der Waals surface area contributed by atoms with E-state index in [9.17, 15) is 0 Å². The summed E-state index contributed by atoms with van der Waals surface area (Å²) in [6.07, 6.45) is 9.41. The molecule has 1 saturated carbocycles. The Hall–Kier alpha value is 0.430. The SMILES string of the molecule is C1CC2CCC(CC2)P1. The maximum atomic E-state index is 1.57. The summed E-state index contributed by atoms with van der Waals surface area (Å²) in [5.74, 6) is 1.15. The van der Waals surface area contributed by atoms with E-state index in [4.69, 9.17) is 0 Å². The Kier molecular flexibility index (Phi) is 1.77. The Morgan fingerprint density at radius 2 is 1.67 bits per heavy atom. The van der Waals surface area contributed by atoms with E-state index in [1.54, 1.807) is 38.3 Å². The first-order chi connectivity index (χ1) is 4.45. The molecular weight excluding hydrogens is 127 g/mol. The van der Waals surface area contributed by atoms with E-state index < -0.39 is 0 Å². The van der Waals surface area contributed by atoms with Gasteiger partial charge in [-0.3, -0.25) is 0 Å². The quantitative estimate of drug-likeness (QED) is 0.456. The predicted molar refractivity (Wildman–Crippen MR) is 43.5 cm³/mol. The van der Waals surface area contributed by atoms with Gasteiger partial charge in [-0.15, -0.1) is 8.58 Å². The van der Waals surface area contributed by atoms with Crippen molar-refractivity contribution in [3.05, 3.63) is 0 Å². The highest BCUT2D eigenvalue weighted by Crippen LogP contribution is 2.42. The lowest BCUT2D eigenvalue weighted by Crippen LogP contribution is -2.10. The minimum Gasteiger partial charge on any atom is -0.119 e. The molecule has 0 aromatic rings. The van der Waals surface area contributed by atoms with Gasteiger partial charge in [-0.25, -0.2) is 0 Å². The molecular formula is C8H15P. The second-order valence-electron chi connectivity index (χ2n) is 3.46. The molecule has 1 unspecified atom stereocenters. The molecule has 1 atom stereocenters. The third kappa shape index (κ3) is 1.29. The van der Waals surface area contributed by atoms with Crippen LogP contribution in [0, 0.1) is 5.92 Å². The summed E-state index contributed by atoms with van der Waals surface area (Å²) < 4.78 is 0. The molecule has 1 aliphatic carbocycles. The second-order valence-corrected chi connectivity index (χ2v) is 5.19. The van der Waals surface area contributed by atoms with Gasteiger partial charge in [-0.2, -0.15) is 0 Å². The summed E-state index contributed by atoms with van der Waals surface area (Å²) in [4.78, 5) is 0. The minimum atomic E-state index is 1.15. The fourth-order valence-corrected chi connectivity index (χ4v) is 3.87. The number of fused-ring (bicyclic) bond motifs is 4. The van der Waals surface area contributed by atoms with Crippen molar-refractivity contribution in [2.24, 2.45) is 5.92 Å². The normalized spacial score (nSPS) is 45.3. The van der Waals surface area contributed by atoms with Crippen molar-refractivity contribution in [3.63, 3.8) is 0 Å². The van der Waals surface area contributed by atoms with Crippen LogP contribution in [-0.4, -0.2) is 11.8 Å². The molecule has 0 N–H and O–H groups in total. The van der Waals surface area contributed by atoms with Gasteiger partial charge in [0.25, 0.3) is 0 Å². The standard InChI is InChI=1S/C8H15P/c1-3-8-4-2-7(1)5-6-9-8/h7-9H,1-6H2. The zero-order valence-corrected chi connectivity index (χ0v) is 6.90. The van der Waals surface area contributed by atoms with E-state index in [0.29, 0.717) is 0 Å². The maximum Gasteiger partial charge on any atom is -0.0236 e. The Bertz CT molecular complexity index is 75.2. The first-order valence-electron chi connectivity index (χ1n) is 4.18. The molecule has 2 bridgehead atoms. The molecule has 0 aromatic carbocycles. The third-order valence-electron chi connectivity index (χ3n) is 2.83. The fourth-order valence-electron chi connectivity index (χ4n) is 2.15. The van der Waals surface area contributed by atoms with Crippen molar-refractivity contribution in [3.8, 4) is 0 Å². The van der Waals surface area contributed by atoms with E-state index in [0.717, 1.165) is 5.92 Å². The first-order valence-corrected chi connectivity index (χ1v) is 5.47. The van der Waals surface area contributed by atoms with Crippen molar-refractivity contribution in [1.29, 1.82) is 0 Å². The van der Waals surface area contributed by atoms with Crippen LogP contribution in [0.4, 0.5) is 0 Å². The maximum absolute atomic E-state index is 1.57. The molecule has 9 heavy (non-hydrogen) atoms. The first kappa shape index (κ1) is 6.16. The Morgan fingerprint density at radius 3 is 2.44 bits per heavy atom. The highest BCUT2D eigenvalue weighted by molar-refractivity contribution is 7.38. The van der Waals surface area contributed by atoms with Crippen LogP contribution >= 0.6 is 8.58 Å². The zero-order valence-electron chi connectivity index (χ0n) is 5.90. The van der Waals surface area contributed by atoms with Gasteiger partial charge in [0.2, 0.25) is 0 Å². The molecule has 2 heterocycles. The van der Waals surface area contributed by atoms with Gasteiger partial charge >= 0.3 is 0 Å². The average molecular weight is 142 g/mol. The van der Waals surface area contributed by atoms with E-state index in [1.807, 2.05) is 0 Å². The monoisotopic (exact) mass is 142 g/mol. The van der Waals surface area contributed by atoms with Crippen molar-refractivity contribution in [2.45, 2.75) is 37.8 Å². The number of hydrogen-bond donors (Lipinski definition) is 0. The van der Waals surface area contributed by atoms with Gasteiger partial charge < -0.3 is 0 Å². The van der Waals surface area contributed by atoms with Gasteiger partial charge in [0.05, 0.1) is 0 Å². The van der Waals surface area contributed by atoms with Crippen molar-refractivity contribution >= 4 is 8.58 Å². The highest BCUT2D eigenvalue weighted by Gasteiger charge is 2.24. The number of rotatable bonds is 0. The molecule has 0 nitrogen and oxygen atoms in total. The molecule has 2 saturated heterocycles. The predicted octanol–water partition coefficient (Wildman–Crippen LogP) is 2.63. The van der Waals surface area contributed by atoms with Crippen LogP contribution in [0.5, 0.6) is 0 Å². The van der Waals surface area contributed by atoms with Gasteiger partial charge in [0.1, 0.15) is 0 Å². The summed E-state index contributed by atoms with van der Waals surface area (Å²) in [6.45, 7) is 0. The van der Waals surface area contributed by atoms with Crippen molar-refractivity contribution in [1.82, 2.24) is 0 Å². The van der Waals surface area contributed by atoms with Crippen molar-refractivity contribution in [2.75, 3.05) is 6.16 Å². The minimum absolute atomic E-state index is 1.15. The lowest BCUT2D eigenvalue weighted by atomic mass is 9.88.